The first-order valence-electron chi connectivity index (χ1n) is 7.78. The van der Waals surface area contributed by atoms with Crippen molar-refractivity contribution in [3.8, 4) is 0 Å². The van der Waals surface area contributed by atoms with Crippen LogP contribution < -0.4 is 5.73 Å². The van der Waals surface area contributed by atoms with Crippen molar-refractivity contribution in [2.24, 2.45) is 11.7 Å². The highest BCUT2D eigenvalue weighted by atomic mass is 35.5. The molecule has 3 rings (SSSR count). The average molecular weight is 388 g/mol. The molecule has 0 unspecified atom stereocenters. The number of nitrogens with zero attached hydrogens (tertiary/aromatic N) is 2. The van der Waals surface area contributed by atoms with E-state index in [1.165, 1.54) is 0 Å². The molecule has 1 saturated heterocycles. The third kappa shape index (κ3) is 3.74. The molecule has 1 fully saturated rings. The monoisotopic (exact) mass is 387 g/mol. The largest absolute Gasteiger partial charge is 0.338 e. The van der Waals surface area contributed by atoms with Gasteiger partial charge in [-0.25, -0.2) is 0 Å². The van der Waals surface area contributed by atoms with Gasteiger partial charge in [-0.3, -0.25) is 9.59 Å². The maximum Gasteiger partial charge on any atom is 0.264 e. The lowest BCUT2D eigenvalue weighted by molar-refractivity contribution is -0.135. The second-order valence-corrected chi connectivity index (χ2v) is 8.18. The molecule has 5 nitrogen and oxygen atoms in total. The second-order valence-electron chi connectivity index (χ2n) is 6.15. The Morgan fingerprint density at radius 1 is 1.12 bits per heavy atom. The van der Waals surface area contributed by atoms with Crippen LogP contribution in [0.3, 0.4) is 0 Å². The highest BCUT2D eigenvalue weighted by molar-refractivity contribution is 7.27. The summed E-state index contributed by atoms with van der Waals surface area (Å²) in [5.41, 5.74) is 5.94. The topological polar surface area (TPSA) is 66.6 Å². The number of amides is 2. The van der Waals surface area contributed by atoms with Crippen molar-refractivity contribution in [2.45, 2.75) is 19.9 Å². The van der Waals surface area contributed by atoms with E-state index in [-0.39, 0.29) is 30.1 Å². The number of thiophene rings is 2. The van der Waals surface area contributed by atoms with Crippen LogP contribution in [0.15, 0.2) is 17.5 Å². The van der Waals surface area contributed by atoms with Crippen molar-refractivity contribution in [1.82, 2.24) is 9.80 Å². The Kier molecular flexibility index (Phi) is 6.25. The molecule has 0 bridgehead atoms. The van der Waals surface area contributed by atoms with Crippen LogP contribution in [0.4, 0.5) is 0 Å². The lowest BCUT2D eigenvalue weighted by atomic mass is 10.0. The van der Waals surface area contributed by atoms with E-state index in [1.54, 1.807) is 27.6 Å². The molecule has 132 valence electrons. The van der Waals surface area contributed by atoms with Gasteiger partial charge in [0.2, 0.25) is 5.91 Å². The summed E-state index contributed by atoms with van der Waals surface area (Å²) >= 11 is 3.20. The molecule has 8 heteroatoms. The van der Waals surface area contributed by atoms with Crippen molar-refractivity contribution in [3.05, 3.63) is 22.4 Å². The van der Waals surface area contributed by atoms with Gasteiger partial charge in [0.1, 0.15) is 0 Å². The Balaban J connectivity index is 0.00000208. The van der Waals surface area contributed by atoms with E-state index in [2.05, 4.69) is 0 Å². The number of carbonyl (C=O) groups excluding carboxylic acids is 2. The molecule has 0 aliphatic carbocycles. The molecule has 0 saturated carbocycles. The minimum Gasteiger partial charge on any atom is -0.338 e. The minimum absolute atomic E-state index is 0. The average Bonchev–Trinajstić information content (AvgIpc) is 3.14. The molecule has 1 aliphatic heterocycles. The van der Waals surface area contributed by atoms with Gasteiger partial charge in [-0.05, 0) is 23.4 Å². The van der Waals surface area contributed by atoms with Crippen LogP contribution in [0.2, 0.25) is 0 Å². The molecular weight excluding hydrogens is 366 g/mol. The van der Waals surface area contributed by atoms with Gasteiger partial charge in [-0.2, -0.15) is 0 Å². The molecule has 0 spiro atoms. The van der Waals surface area contributed by atoms with E-state index >= 15 is 0 Å². The third-order valence-electron chi connectivity index (χ3n) is 4.23. The van der Waals surface area contributed by atoms with E-state index in [0.717, 1.165) is 14.3 Å². The quantitative estimate of drug-likeness (QED) is 0.880. The first-order chi connectivity index (χ1) is 11.0. The van der Waals surface area contributed by atoms with Gasteiger partial charge in [0.15, 0.2) is 0 Å². The van der Waals surface area contributed by atoms with Crippen LogP contribution in [0.5, 0.6) is 0 Å². The molecule has 1 aliphatic rings. The molecule has 0 radical (unpaired) electrons. The maximum absolute atomic E-state index is 12.6. The van der Waals surface area contributed by atoms with Gasteiger partial charge in [-0.1, -0.05) is 13.8 Å². The summed E-state index contributed by atoms with van der Waals surface area (Å²) < 4.78 is 2.32. The third-order valence-corrected chi connectivity index (χ3v) is 6.31. The van der Waals surface area contributed by atoms with Gasteiger partial charge in [-0.15, -0.1) is 35.1 Å². The van der Waals surface area contributed by atoms with E-state index < -0.39 is 6.04 Å². The SMILES string of the molecule is CC(C)[C@H](N)C(=O)N1CCN(C(=O)c2cc3sccc3s2)CC1.Cl. The Hall–Kier alpha value is -1.15. The van der Waals surface area contributed by atoms with Crippen molar-refractivity contribution >= 4 is 56.3 Å². The van der Waals surface area contributed by atoms with Gasteiger partial charge < -0.3 is 15.5 Å². The molecule has 1 atom stereocenters. The van der Waals surface area contributed by atoms with Crippen LogP contribution >= 0.6 is 35.1 Å². The lowest BCUT2D eigenvalue weighted by Gasteiger charge is -2.36. The smallest absolute Gasteiger partial charge is 0.264 e. The zero-order valence-corrected chi connectivity index (χ0v) is 16.2. The highest BCUT2D eigenvalue weighted by Crippen LogP contribution is 2.30. The molecular formula is C16H22ClN3O2S2. The summed E-state index contributed by atoms with van der Waals surface area (Å²) in [4.78, 5) is 29.3. The van der Waals surface area contributed by atoms with Crippen LogP contribution in [-0.4, -0.2) is 53.8 Å². The fourth-order valence-electron chi connectivity index (χ4n) is 2.65. The van der Waals surface area contributed by atoms with E-state index in [1.807, 2.05) is 36.3 Å². The fourth-order valence-corrected chi connectivity index (χ4v) is 4.73. The van der Waals surface area contributed by atoms with E-state index in [9.17, 15) is 9.59 Å². The number of piperazine rings is 1. The fraction of sp³-hybridized carbons (Fsp3) is 0.500. The number of fused-ring (bicyclic) bond motifs is 1. The van der Waals surface area contributed by atoms with Crippen LogP contribution in [0.25, 0.3) is 9.40 Å². The highest BCUT2D eigenvalue weighted by Gasteiger charge is 2.29. The molecule has 0 aromatic carbocycles. The number of carbonyl (C=O) groups is 2. The first kappa shape index (κ1) is 19.2. The number of halogens is 1. The van der Waals surface area contributed by atoms with Gasteiger partial charge in [0, 0.05) is 35.6 Å². The Morgan fingerprint density at radius 3 is 2.33 bits per heavy atom. The number of rotatable bonds is 3. The van der Waals surface area contributed by atoms with Gasteiger partial charge in [0.25, 0.3) is 5.91 Å². The predicted molar refractivity (Wildman–Crippen MR) is 102 cm³/mol. The summed E-state index contributed by atoms with van der Waals surface area (Å²) in [5.74, 6) is 0.184. The molecule has 2 amide bonds. The molecule has 24 heavy (non-hydrogen) atoms. The normalized spacial score (nSPS) is 16.3. The molecule has 2 N–H and O–H groups in total. The standard InChI is InChI=1S/C16H21N3O2S2.ClH/c1-10(2)14(17)16(21)19-6-4-18(5-7-19)15(20)13-9-12-11(23-13)3-8-22-12;/h3,8-10,14H,4-7,17H2,1-2H3;1H/t14-;/m0./s1. The molecule has 2 aromatic rings. The minimum atomic E-state index is -0.457. The maximum atomic E-state index is 12.6. The molecule has 3 heterocycles. The predicted octanol–water partition coefficient (Wildman–Crippen LogP) is 2.65. The summed E-state index contributed by atoms with van der Waals surface area (Å²) in [5, 5.41) is 2.04. The Morgan fingerprint density at radius 2 is 1.75 bits per heavy atom. The number of hydrogen-bond donors (Lipinski definition) is 1. The van der Waals surface area contributed by atoms with E-state index in [4.69, 9.17) is 5.73 Å². The second kappa shape index (κ2) is 7.82. The van der Waals surface area contributed by atoms with Crippen molar-refractivity contribution in [1.29, 1.82) is 0 Å². The first-order valence-corrected chi connectivity index (χ1v) is 9.47. The zero-order chi connectivity index (χ0) is 16.6. The van der Waals surface area contributed by atoms with Crippen LogP contribution in [0.1, 0.15) is 23.5 Å². The van der Waals surface area contributed by atoms with E-state index in [0.29, 0.717) is 26.2 Å². The van der Waals surface area contributed by atoms with Gasteiger partial charge in [0.05, 0.1) is 10.9 Å². The summed E-state index contributed by atoms with van der Waals surface area (Å²) in [6, 6.07) is 3.56. The van der Waals surface area contributed by atoms with Crippen LogP contribution in [-0.2, 0) is 4.79 Å². The molecule has 2 aromatic heterocycles. The summed E-state index contributed by atoms with van der Waals surface area (Å²) in [6.07, 6.45) is 0. The van der Waals surface area contributed by atoms with Crippen molar-refractivity contribution in [2.75, 3.05) is 26.2 Å². The van der Waals surface area contributed by atoms with Crippen molar-refractivity contribution < 1.29 is 9.59 Å². The lowest BCUT2D eigenvalue weighted by Crippen LogP contribution is -2.55. The van der Waals surface area contributed by atoms with Gasteiger partial charge >= 0.3 is 0 Å². The Labute approximate surface area is 155 Å². The number of nitrogens with two attached hydrogens (primary N) is 1. The van der Waals surface area contributed by atoms with Crippen LogP contribution in [0, 0.1) is 5.92 Å². The summed E-state index contributed by atoms with van der Waals surface area (Å²) in [6.45, 7) is 6.16. The zero-order valence-electron chi connectivity index (χ0n) is 13.7. The Bertz CT molecular complexity index is 691. The number of hydrogen-bond acceptors (Lipinski definition) is 5. The van der Waals surface area contributed by atoms with Crippen molar-refractivity contribution in [3.63, 3.8) is 0 Å². The summed E-state index contributed by atoms with van der Waals surface area (Å²) in [7, 11) is 0.